The van der Waals surface area contributed by atoms with Gasteiger partial charge >= 0.3 is 5.97 Å². The first kappa shape index (κ1) is 12.4. The Morgan fingerprint density at radius 3 is 2.89 bits per heavy atom. The number of hydrogen-bond donors (Lipinski definition) is 1. The fraction of sp³-hybridized carbons (Fsp3) is 0.333. The number of nitrogens with zero attached hydrogens (tertiary/aromatic N) is 1. The molecule has 1 amide bonds. The molecule has 0 saturated heterocycles. The number of fused-ring (bicyclic) bond motifs is 1. The molecule has 0 saturated carbocycles. The van der Waals surface area contributed by atoms with E-state index in [2.05, 4.69) is 0 Å². The van der Waals surface area contributed by atoms with Gasteiger partial charge in [0.1, 0.15) is 12.5 Å². The van der Waals surface area contributed by atoms with Gasteiger partial charge in [-0.3, -0.25) is 9.69 Å². The van der Waals surface area contributed by atoms with E-state index < -0.39 is 12.1 Å². The fourth-order valence-corrected chi connectivity index (χ4v) is 1.81. The van der Waals surface area contributed by atoms with Crippen LogP contribution >= 0.6 is 0 Å². The van der Waals surface area contributed by atoms with Crippen molar-refractivity contribution in [2.75, 3.05) is 18.7 Å². The number of carboxylic acid groups (broad SMARTS) is 1. The lowest BCUT2D eigenvalue weighted by atomic mass is 10.1. The van der Waals surface area contributed by atoms with E-state index in [1.54, 1.807) is 13.0 Å². The molecule has 0 spiro atoms. The zero-order valence-electron chi connectivity index (χ0n) is 10.0. The maximum Gasteiger partial charge on any atom is 0.335 e. The van der Waals surface area contributed by atoms with Crippen molar-refractivity contribution in [2.24, 2.45) is 0 Å². The predicted molar refractivity (Wildman–Crippen MR) is 62.9 cm³/mol. The van der Waals surface area contributed by atoms with Gasteiger partial charge in [-0.05, 0) is 25.1 Å². The van der Waals surface area contributed by atoms with Crippen LogP contribution in [0.3, 0.4) is 0 Å². The SMILES string of the molecule is COCN1C(=O)C(C)Oc2cc(C(=O)O)ccc21. The summed E-state index contributed by atoms with van der Waals surface area (Å²) in [4.78, 5) is 24.2. The molecule has 2 rings (SSSR count). The number of amides is 1. The Morgan fingerprint density at radius 2 is 2.28 bits per heavy atom. The van der Waals surface area contributed by atoms with Crippen LogP contribution in [0.1, 0.15) is 17.3 Å². The molecule has 0 aliphatic carbocycles. The van der Waals surface area contributed by atoms with Gasteiger partial charge in [-0.2, -0.15) is 0 Å². The van der Waals surface area contributed by atoms with E-state index in [0.717, 1.165) is 0 Å². The van der Waals surface area contributed by atoms with Crippen molar-refractivity contribution in [1.82, 2.24) is 0 Å². The number of aromatic carboxylic acids is 1. The third-order valence-electron chi connectivity index (χ3n) is 2.67. The monoisotopic (exact) mass is 251 g/mol. The molecule has 1 aromatic carbocycles. The molecular formula is C12H13NO5. The van der Waals surface area contributed by atoms with E-state index in [-0.39, 0.29) is 18.2 Å². The van der Waals surface area contributed by atoms with E-state index >= 15 is 0 Å². The van der Waals surface area contributed by atoms with Gasteiger partial charge in [0.2, 0.25) is 0 Å². The van der Waals surface area contributed by atoms with Crippen molar-refractivity contribution < 1.29 is 24.2 Å². The molecule has 18 heavy (non-hydrogen) atoms. The minimum Gasteiger partial charge on any atom is -0.479 e. The number of methoxy groups -OCH3 is 1. The number of carbonyl (C=O) groups excluding carboxylic acids is 1. The second-order valence-electron chi connectivity index (χ2n) is 3.93. The van der Waals surface area contributed by atoms with Crippen molar-refractivity contribution in [3.8, 4) is 5.75 Å². The van der Waals surface area contributed by atoms with Crippen LogP contribution in [0.2, 0.25) is 0 Å². The van der Waals surface area contributed by atoms with Gasteiger partial charge in [0.05, 0.1) is 11.3 Å². The number of hydrogen-bond acceptors (Lipinski definition) is 4. The zero-order valence-corrected chi connectivity index (χ0v) is 10.0. The van der Waals surface area contributed by atoms with Crippen LogP contribution in [0.25, 0.3) is 0 Å². The Kier molecular flexibility index (Phi) is 3.20. The summed E-state index contributed by atoms with van der Waals surface area (Å²) < 4.78 is 10.4. The molecular weight excluding hydrogens is 238 g/mol. The standard InChI is InChI=1S/C12H13NO5/c1-7-11(14)13(6-17-2)9-4-3-8(12(15)16)5-10(9)18-7/h3-5,7H,6H2,1-2H3,(H,15,16). The molecule has 1 aliphatic heterocycles. The summed E-state index contributed by atoms with van der Waals surface area (Å²) in [6.45, 7) is 1.72. The Hall–Kier alpha value is -2.08. The van der Waals surface area contributed by atoms with Gasteiger partial charge in [-0.25, -0.2) is 4.79 Å². The molecule has 1 N–H and O–H groups in total. The number of benzene rings is 1. The van der Waals surface area contributed by atoms with Crippen LogP contribution in [-0.2, 0) is 9.53 Å². The molecule has 1 aromatic rings. The number of carbonyl (C=O) groups is 2. The normalized spacial score (nSPS) is 18.2. The molecule has 6 heteroatoms. The summed E-state index contributed by atoms with van der Waals surface area (Å²) in [7, 11) is 1.48. The van der Waals surface area contributed by atoms with E-state index in [4.69, 9.17) is 14.6 Å². The van der Waals surface area contributed by atoms with Gasteiger partial charge in [0.15, 0.2) is 6.10 Å². The molecule has 1 unspecified atom stereocenters. The Morgan fingerprint density at radius 1 is 1.56 bits per heavy atom. The first-order valence-corrected chi connectivity index (χ1v) is 5.39. The highest BCUT2D eigenvalue weighted by atomic mass is 16.5. The molecule has 0 fully saturated rings. The Bertz CT molecular complexity index is 499. The lowest BCUT2D eigenvalue weighted by Crippen LogP contribution is -2.45. The summed E-state index contributed by atoms with van der Waals surface area (Å²) >= 11 is 0. The smallest absolute Gasteiger partial charge is 0.335 e. The Balaban J connectivity index is 2.45. The molecule has 1 atom stereocenters. The second kappa shape index (κ2) is 4.66. The number of rotatable bonds is 3. The molecule has 1 heterocycles. The summed E-state index contributed by atoms with van der Waals surface area (Å²) in [5.74, 6) is -0.879. The highest BCUT2D eigenvalue weighted by Crippen LogP contribution is 2.34. The van der Waals surface area contributed by atoms with Crippen LogP contribution in [-0.4, -0.2) is 36.9 Å². The fourth-order valence-electron chi connectivity index (χ4n) is 1.81. The second-order valence-corrected chi connectivity index (χ2v) is 3.93. The van der Waals surface area contributed by atoms with Crippen molar-refractivity contribution in [3.63, 3.8) is 0 Å². The lowest BCUT2D eigenvalue weighted by molar-refractivity contribution is -0.126. The summed E-state index contributed by atoms with van der Waals surface area (Å²) in [5, 5.41) is 8.91. The quantitative estimate of drug-likeness (QED) is 0.870. The maximum atomic E-state index is 11.9. The summed E-state index contributed by atoms with van der Waals surface area (Å²) in [6, 6.07) is 4.38. The van der Waals surface area contributed by atoms with Gasteiger partial charge in [-0.15, -0.1) is 0 Å². The van der Waals surface area contributed by atoms with Crippen molar-refractivity contribution in [2.45, 2.75) is 13.0 Å². The predicted octanol–water partition coefficient (Wildman–Crippen LogP) is 1.10. The largest absolute Gasteiger partial charge is 0.479 e. The van der Waals surface area contributed by atoms with Crippen LogP contribution in [0.15, 0.2) is 18.2 Å². The third kappa shape index (κ3) is 2.02. The zero-order chi connectivity index (χ0) is 13.3. The average Bonchev–Trinajstić information content (AvgIpc) is 2.34. The first-order chi connectivity index (χ1) is 8.54. The maximum absolute atomic E-state index is 11.9. The summed E-state index contributed by atoms with van der Waals surface area (Å²) in [5.41, 5.74) is 0.637. The van der Waals surface area contributed by atoms with Crippen molar-refractivity contribution in [3.05, 3.63) is 23.8 Å². The van der Waals surface area contributed by atoms with E-state index in [1.165, 1.54) is 24.1 Å². The molecule has 96 valence electrons. The number of ether oxygens (including phenoxy) is 2. The third-order valence-corrected chi connectivity index (χ3v) is 2.67. The topological polar surface area (TPSA) is 76.1 Å². The molecule has 0 aromatic heterocycles. The first-order valence-electron chi connectivity index (χ1n) is 5.39. The van der Waals surface area contributed by atoms with Gasteiger partial charge in [0.25, 0.3) is 5.91 Å². The molecule has 0 radical (unpaired) electrons. The van der Waals surface area contributed by atoms with E-state index in [1.807, 2.05) is 0 Å². The number of carboxylic acids is 1. The highest BCUT2D eigenvalue weighted by Gasteiger charge is 2.31. The molecule has 0 bridgehead atoms. The van der Waals surface area contributed by atoms with Crippen molar-refractivity contribution in [1.29, 1.82) is 0 Å². The van der Waals surface area contributed by atoms with Gasteiger partial charge in [-0.1, -0.05) is 0 Å². The van der Waals surface area contributed by atoms with Crippen LogP contribution in [0, 0.1) is 0 Å². The highest BCUT2D eigenvalue weighted by molar-refractivity contribution is 6.00. The van der Waals surface area contributed by atoms with E-state index in [9.17, 15) is 9.59 Å². The lowest BCUT2D eigenvalue weighted by Gasteiger charge is -2.32. The minimum atomic E-state index is -1.04. The van der Waals surface area contributed by atoms with Crippen LogP contribution in [0.5, 0.6) is 5.75 Å². The molecule has 1 aliphatic rings. The van der Waals surface area contributed by atoms with Crippen LogP contribution < -0.4 is 9.64 Å². The van der Waals surface area contributed by atoms with E-state index in [0.29, 0.717) is 11.4 Å². The van der Waals surface area contributed by atoms with Gasteiger partial charge in [0, 0.05) is 7.11 Å². The Labute approximate surface area is 104 Å². The van der Waals surface area contributed by atoms with Gasteiger partial charge < -0.3 is 14.6 Å². The average molecular weight is 251 g/mol. The van der Waals surface area contributed by atoms with Crippen molar-refractivity contribution >= 4 is 17.6 Å². The van der Waals surface area contributed by atoms with Crippen LogP contribution in [0.4, 0.5) is 5.69 Å². The summed E-state index contributed by atoms with van der Waals surface area (Å²) in [6.07, 6.45) is -0.656. The minimum absolute atomic E-state index is 0.103. The molecule has 6 nitrogen and oxygen atoms in total. The number of anilines is 1.